The van der Waals surface area contributed by atoms with Gasteiger partial charge in [0.15, 0.2) is 0 Å². The number of rotatable bonds is 8. The van der Waals surface area contributed by atoms with Crippen molar-refractivity contribution in [2.24, 2.45) is 0 Å². The quantitative estimate of drug-likeness (QED) is 0.742. The van der Waals surface area contributed by atoms with E-state index in [-0.39, 0.29) is 18.2 Å². The van der Waals surface area contributed by atoms with E-state index in [4.69, 9.17) is 4.74 Å². The molecule has 1 N–H and O–H groups in total. The Labute approximate surface area is 162 Å². The fraction of sp³-hybridized carbons (Fsp3) is 0.429. The third-order valence-corrected chi connectivity index (χ3v) is 4.88. The molecule has 0 bridgehead atoms. The van der Waals surface area contributed by atoms with Crippen LogP contribution in [-0.4, -0.2) is 30.6 Å². The summed E-state index contributed by atoms with van der Waals surface area (Å²) in [6.07, 6.45) is 2.58. The van der Waals surface area contributed by atoms with Gasteiger partial charge in [0, 0.05) is 24.7 Å². The van der Waals surface area contributed by atoms with Crippen LogP contribution in [0, 0.1) is 5.82 Å². The zero-order chi connectivity index (χ0) is 17.5. The number of nitrogens with zero attached hydrogens (tertiary/aromatic N) is 1. The molecule has 0 aliphatic carbocycles. The van der Waals surface area contributed by atoms with Crippen LogP contribution < -0.4 is 22.5 Å². The topological polar surface area (TPSA) is 24.5 Å². The summed E-state index contributed by atoms with van der Waals surface area (Å²) in [5, 5.41) is 3.58. The van der Waals surface area contributed by atoms with E-state index in [1.165, 1.54) is 31.5 Å². The van der Waals surface area contributed by atoms with Crippen molar-refractivity contribution in [2.45, 2.75) is 39.0 Å². The maximum atomic E-state index is 13.0. The lowest BCUT2D eigenvalue weighted by atomic mass is 10.1. The van der Waals surface area contributed by atoms with Gasteiger partial charge in [-0.05, 0) is 49.7 Å². The standard InChI is InChI=1S/C21H27FN2O.ClH/c1-2-24-13-5-7-20(24)15-23-14-18-6-3-4-8-21(18)25-16-17-9-11-19(22)12-10-17;/h3-4,6,8-12,20,23H,2,5,7,13-16H2,1H3;1H/p-1. The number of ether oxygens (including phenoxy) is 1. The molecule has 1 saturated heterocycles. The van der Waals surface area contributed by atoms with Gasteiger partial charge in [0.1, 0.15) is 18.2 Å². The Hall–Kier alpha value is -1.62. The van der Waals surface area contributed by atoms with Crippen LogP contribution in [0.3, 0.4) is 0 Å². The Morgan fingerprint density at radius 3 is 2.69 bits per heavy atom. The lowest BCUT2D eigenvalue weighted by Gasteiger charge is -2.23. The van der Waals surface area contributed by atoms with Crippen LogP contribution in [0.2, 0.25) is 0 Å². The summed E-state index contributed by atoms with van der Waals surface area (Å²) in [5.74, 6) is 0.666. The zero-order valence-electron chi connectivity index (χ0n) is 15.3. The van der Waals surface area contributed by atoms with Crippen LogP contribution in [0.1, 0.15) is 30.9 Å². The monoisotopic (exact) mass is 377 g/mol. The third kappa shape index (κ3) is 5.70. The maximum absolute atomic E-state index is 13.0. The average molecular weight is 378 g/mol. The fourth-order valence-electron chi connectivity index (χ4n) is 3.45. The summed E-state index contributed by atoms with van der Waals surface area (Å²) >= 11 is 0. The molecule has 3 rings (SSSR count). The van der Waals surface area contributed by atoms with Crippen molar-refractivity contribution in [1.82, 2.24) is 10.2 Å². The molecule has 1 aliphatic rings. The number of halogens is 2. The molecule has 0 aromatic heterocycles. The van der Waals surface area contributed by atoms with Gasteiger partial charge in [0.05, 0.1) is 0 Å². The molecule has 0 saturated carbocycles. The van der Waals surface area contributed by atoms with Crippen LogP contribution in [0.5, 0.6) is 5.75 Å². The fourth-order valence-corrected chi connectivity index (χ4v) is 3.45. The number of hydrogen-bond acceptors (Lipinski definition) is 3. The molecule has 0 amide bonds. The van der Waals surface area contributed by atoms with Gasteiger partial charge in [0.2, 0.25) is 0 Å². The van der Waals surface area contributed by atoms with Gasteiger partial charge in [-0.15, -0.1) is 0 Å². The molecule has 2 aromatic carbocycles. The second kappa shape index (κ2) is 10.5. The Kier molecular flexibility index (Phi) is 8.36. The van der Waals surface area contributed by atoms with Crippen LogP contribution >= 0.6 is 0 Å². The number of likely N-dealkylation sites (tertiary alicyclic amines) is 1. The molecule has 1 aliphatic heterocycles. The molecule has 1 atom stereocenters. The lowest BCUT2D eigenvalue weighted by molar-refractivity contribution is -0.00000618. The first kappa shape index (κ1) is 20.7. The van der Waals surface area contributed by atoms with Gasteiger partial charge in [-0.25, -0.2) is 4.39 Å². The summed E-state index contributed by atoms with van der Waals surface area (Å²) in [4.78, 5) is 2.55. The number of likely N-dealkylation sites (N-methyl/N-ethyl adjacent to an activating group) is 1. The van der Waals surface area contributed by atoms with E-state index in [1.54, 1.807) is 12.1 Å². The van der Waals surface area contributed by atoms with E-state index in [2.05, 4.69) is 23.2 Å². The molecule has 5 heteroatoms. The minimum absolute atomic E-state index is 0. The van der Waals surface area contributed by atoms with E-state index >= 15 is 0 Å². The van der Waals surface area contributed by atoms with Crippen molar-refractivity contribution in [2.75, 3.05) is 19.6 Å². The number of nitrogens with one attached hydrogen (secondary N) is 1. The summed E-state index contributed by atoms with van der Waals surface area (Å²) in [5.41, 5.74) is 2.12. The highest BCUT2D eigenvalue weighted by Crippen LogP contribution is 2.20. The van der Waals surface area contributed by atoms with Crippen molar-refractivity contribution < 1.29 is 21.5 Å². The van der Waals surface area contributed by atoms with Gasteiger partial charge in [-0.2, -0.15) is 0 Å². The normalized spacial score (nSPS) is 17.1. The van der Waals surface area contributed by atoms with E-state index in [0.717, 1.165) is 36.5 Å². The van der Waals surface area contributed by atoms with Gasteiger partial charge in [-0.1, -0.05) is 37.3 Å². The van der Waals surface area contributed by atoms with E-state index in [1.807, 2.05) is 18.2 Å². The second-order valence-electron chi connectivity index (χ2n) is 6.58. The first-order valence-electron chi connectivity index (χ1n) is 9.16. The van der Waals surface area contributed by atoms with Crippen LogP contribution in [0.15, 0.2) is 48.5 Å². The molecule has 3 nitrogen and oxygen atoms in total. The highest BCUT2D eigenvalue weighted by molar-refractivity contribution is 5.33. The van der Waals surface area contributed by atoms with Crippen LogP contribution in [-0.2, 0) is 13.2 Å². The molecule has 26 heavy (non-hydrogen) atoms. The van der Waals surface area contributed by atoms with Gasteiger partial charge in [0.25, 0.3) is 0 Å². The first-order valence-corrected chi connectivity index (χ1v) is 9.16. The Bertz CT molecular complexity index is 665. The summed E-state index contributed by atoms with van der Waals surface area (Å²) in [6, 6.07) is 15.2. The Morgan fingerprint density at radius 1 is 1.15 bits per heavy atom. The van der Waals surface area contributed by atoms with Crippen molar-refractivity contribution >= 4 is 0 Å². The van der Waals surface area contributed by atoms with Gasteiger partial charge < -0.3 is 22.5 Å². The highest BCUT2D eigenvalue weighted by atomic mass is 35.5. The Morgan fingerprint density at radius 2 is 1.92 bits per heavy atom. The van der Waals surface area contributed by atoms with Gasteiger partial charge >= 0.3 is 0 Å². The molecule has 142 valence electrons. The minimum atomic E-state index is -0.221. The Balaban J connectivity index is 0.00000243. The minimum Gasteiger partial charge on any atom is -1.00 e. The molecule has 2 aromatic rings. The van der Waals surface area contributed by atoms with Crippen molar-refractivity contribution in [1.29, 1.82) is 0 Å². The molecular formula is C21H27ClFN2O-. The van der Waals surface area contributed by atoms with E-state index < -0.39 is 0 Å². The highest BCUT2D eigenvalue weighted by Gasteiger charge is 2.22. The van der Waals surface area contributed by atoms with Gasteiger partial charge in [-0.3, -0.25) is 4.90 Å². The molecule has 1 unspecified atom stereocenters. The molecular weight excluding hydrogens is 351 g/mol. The maximum Gasteiger partial charge on any atom is 0.124 e. The smallest absolute Gasteiger partial charge is 0.124 e. The zero-order valence-corrected chi connectivity index (χ0v) is 16.0. The summed E-state index contributed by atoms with van der Waals surface area (Å²) in [7, 11) is 0. The summed E-state index contributed by atoms with van der Waals surface area (Å²) in [6.45, 7) is 6.85. The average Bonchev–Trinajstić information content (AvgIpc) is 3.10. The predicted octanol–water partition coefficient (Wildman–Crippen LogP) is 0.983. The molecule has 0 spiro atoms. The number of benzene rings is 2. The SMILES string of the molecule is CCN1CCCC1CNCc1ccccc1OCc1ccc(F)cc1.[Cl-]. The van der Waals surface area contributed by atoms with E-state index in [0.29, 0.717) is 12.6 Å². The van der Waals surface area contributed by atoms with Crippen molar-refractivity contribution in [3.05, 3.63) is 65.5 Å². The first-order chi connectivity index (χ1) is 12.3. The third-order valence-electron chi connectivity index (χ3n) is 4.88. The summed E-state index contributed by atoms with van der Waals surface area (Å²) < 4.78 is 18.9. The number of para-hydroxylation sites is 1. The van der Waals surface area contributed by atoms with Crippen LogP contribution in [0.25, 0.3) is 0 Å². The predicted molar refractivity (Wildman–Crippen MR) is 99.1 cm³/mol. The van der Waals surface area contributed by atoms with Crippen molar-refractivity contribution in [3.8, 4) is 5.75 Å². The van der Waals surface area contributed by atoms with Crippen LogP contribution in [0.4, 0.5) is 4.39 Å². The van der Waals surface area contributed by atoms with Crippen molar-refractivity contribution in [3.63, 3.8) is 0 Å². The molecule has 0 radical (unpaired) electrons. The second-order valence-corrected chi connectivity index (χ2v) is 6.58. The number of hydrogen-bond donors (Lipinski definition) is 1. The lowest BCUT2D eigenvalue weighted by Crippen LogP contribution is -3.00. The molecule has 1 fully saturated rings. The van der Waals surface area contributed by atoms with E-state index in [9.17, 15) is 4.39 Å². The largest absolute Gasteiger partial charge is 1.00 e. The molecule has 1 heterocycles.